The van der Waals surface area contributed by atoms with Gasteiger partial charge < -0.3 is 20.5 Å². The summed E-state index contributed by atoms with van der Waals surface area (Å²) in [6.45, 7) is 1.73. The van der Waals surface area contributed by atoms with Crippen molar-refractivity contribution >= 4 is 51.4 Å². The number of Topliss-reactive ketones (excluding diaryl/α,β-unsaturated/α-hetero) is 1. The maximum Gasteiger partial charge on any atom is 0.280 e. The quantitative estimate of drug-likeness (QED) is 0.404. The number of aromatic amines is 1. The first kappa shape index (κ1) is 25.5. The summed E-state index contributed by atoms with van der Waals surface area (Å²) in [5, 5.41) is 8.20. The summed E-state index contributed by atoms with van der Waals surface area (Å²) in [6.07, 6.45) is 5.61. The lowest BCUT2D eigenvalue weighted by molar-refractivity contribution is -0.124. The normalized spacial score (nSPS) is 23.7. The molecule has 0 unspecified atom stereocenters. The molecular formula is C28H32ClN5O3S. The molecule has 2 saturated carbocycles. The van der Waals surface area contributed by atoms with Crippen LogP contribution in [0, 0.1) is 11.8 Å². The number of rotatable bonds is 7. The molecule has 200 valence electrons. The minimum absolute atomic E-state index is 0.0950. The molecule has 1 aliphatic heterocycles. The van der Waals surface area contributed by atoms with Crippen molar-refractivity contribution in [3.8, 4) is 0 Å². The van der Waals surface area contributed by atoms with Gasteiger partial charge >= 0.3 is 0 Å². The highest BCUT2D eigenvalue weighted by Crippen LogP contribution is 2.36. The first-order chi connectivity index (χ1) is 18.3. The molecule has 2 aromatic heterocycles. The largest absolute Gasteiger partial charge is 0.351 e. The van der Waals surface area contributed by atoms with Crippen molar-refractivity contribution in [2.45, 2.75) is 63.6 Å². The summed E-state index contributed by atoms with van der Waals surface area (Å²) in [5.74, 6) is 0.256. The lowest BCUT2D eigenvalue weighted by Gasteiger charge is -2.36. The third-order valence-corrected chi connectivity index (χ3v) is 9.39. The summed E-state index contributed by atoms with van der Waals surface area (Å²) < 4.78 is 0. The third kappa shape index (κ3) is 5.51. The van der Waals surface area contributed by atoms with Crippen LogP contribution in [0.2, 0.25) is 5.02 Å². The summed E-state index contributed by atoms with van der Waals surface area (Å²) in [5.41, 5.74) is 2.27. The lowest BCUT2D eigenvalue weighted by Crippen LogP contribution is -2.55. The van der Waals surface area contributed by atoms with E-state index < -0.39 is 0 Å². The number of amides is 2. The fraction of sp³-hybridized carbons (Fsp3) is 0.500. The molecule has 2 amide bonds. The smallest absolute Gasteiger partial charge is 0.280 e. The topological polar surface area (TPSA) is 107 Å². The monoisotopic (exact) mass is 553 g/mol. The molecule has 8 nitrogen and oxygen atoms in total. The molecule has 3 aliphatic rings. The Morgan fingerprint density at radius 2 is 1.92 bits per heavy atom. The van der Waals surface area contributed by atoms with Crippen LogP contribution in [-0.4, -0.2) is 58.1 Å². The SMILES string of the molecule is CN1CCc2nc(C(=O)N[C@@H]3C[C@@H](C(=O)CC4CC4)CC[C@@H]3NC(=O)c3cc4cc(Cl)ccc4[nH]3)sc2C1. The van der Waals surface area contributed by atoms with Gasteiger partial charge in [-0.1, -0.05) is 11.6 Å². The molecule has 1 aromatic carbocycles. The molecule has 0 bridgehead atoms. The van der Waals surface area contributed by atoms with Gasteiger partial charge in [0, 0.05) is 58.7 Å². The van der Waals surface area contributed by atoms with E-state index in [2.05, 4.69) is 32.5 Å². The molecule has 3 heterocycles. The van der Waals surface area contributed by atoms with E-state index in [0.29, 0.717) is 47.3 Å². The number of likely N-dealkylation sites (N-methyl/N-ethyl adjacent to an activating group) is 1. The number of fused-ring (bicyclic) bond motifs is 2. The number of benzene rings is 1. The van der Waals surface area contributed by atoms with Gasteiger partial charge in [0.2, 0.25) is 0 Å². The van der Waals surface area contributed by atoms with Crippen LogP contribution in [0.25, 0.3) is 10.9 Å². The van der Waals surface area contributed by atoms with Crippen molar-refractivity contribution in [1.82, 2.24) is 25.5 Å². The van der Waals surface area contributed by atoms with Crippen LogP contribution in [0.15, 0.2) is 24.3 Å². The molecule has 3 atom stereocenters. The van der Waals surface area contributed by atoms with E-state index in [1.54, 1.807) is 12.1 Å². The molecule has 38 heavy (non-hydrogen) atoms. The highest BCUT2D eigenvalue weighted by atomic mass is 35.5. The van der Waals surface area contributed by atoms with Crippen LogP contribution in [0.3, 0.4) is 0 Å². The number of carbonyl (C=O) groups is 3. The molecule has 10 heteroatoms. The van der Waals surface area contributed by atoms with Crippen LogP contribution in [-0.2, 0) is 17.8 Å². The van der Waals surface area contributed by atoms with Gasteiger partial charge in [0.1, 0.15) is 11.5 Å². The summed E-state index contributed by atoms with van der Waals surface area (Å²) in [4.78, 5) is 50.7. The maximum atomic E-state index is 13.3. The van der Waals surface area contributed by atoms with E-state index in [4.69, 9.17) is 11.6 Å². The van der Waals surface area contributed by atoms with Gasteiger partial charge in [-0.25, -0.2) is 4.98 Å². The van der Waals surface area contributed by atoms with Crippen molar-refractivity contribution in [2.75, 3.05) is 13.6 Å². The van der Waals surface area contributed by atoms with Crippen LogP contribution in [0.5, 0.6) is 0 Å². The van der Waals surface area contributed by atoms with Crippen molar-refractivity contribution < 1.29 is 14.4 Å². The Morgan fingerprint density at radius 1 is 1.11 bits per heavy atom. The second-order valence-corrected chi connectivity index (χ2v) is 12.6. The Kier molecular flexibility index (Phi) is 7.01. The van der Waals surface area contributed by atoms with Crippen molar-refractivity contribution in [3.63, 3.8) is 0 Å². The molecule has 0 spiro atoms. The van der Waals surface area contributed by atoms with Gasteiger partial charge in [-0.15, -0.1) is 11.3 Å². The molecular weight excluding hydrogens is 522 g/mol. The second kappa shape index (κ2) is 10.4. The van der Waals surface area contributed by atoms with Crippen LogP contribution < -0.4 is 10.6 Å². The number of hydrogen-bond acceptors (Lipinski definition) is 6. The fourth-order valence-electron chi connectivity index (χ4n) is 5.69. The number of aromatic nitrogens is 2. The van der Waals surface area contributed by atoms with Crippen LogP contribution >= 0.6 is 22.9 Å². The van der Waals surface area contributed by atoms with Gasteiger partial charge in [0.05, 0.1) is 11.7 Å². The average molecular weight is 554 g/mol. The molecule has 0 radical (unpaired) electrons. The lowest BCUT2D eigenvalue weighted by atomic mass is 9.79. The first-order valence-electron chi connectivity index (χ1n) is 13.4. The fourth-order valence-corrected chi connectivity index (χ4v) is 6.96. The van der Waals surface area contributed by atoms with E-state index in [-0.39, 0.29) is 35.6 Å². The Hall–Kier alpha value is -2.75. The van der Waals surface area contributed by atoms with Gasteiger partial charge in [0.25, 0.3) is 11.8 Å². The number of nitrogens with zero attached hydrogens (tertiary/aromatic N) is 2. The van der Waals surface area contributed by atoms with Gasteiger partial charge in [0.15, 0.2) is 5.01 Å². The number of ketones is 1. The molecule has 6 rings (SSSR count). The average Bonchev–Trinajstić information content (AvgIpc) is 3.43. The zero-order chi connectivity index (χ0) is 26.4. The van der Waals surface area contributed by atoms with Gasteiger partial charge in [-0.2, -0.15) is 0 Å². The number of nitrogens with one attached hydrogen (secondary N) is 3. The molecule has 0 saturated heterocycles. The Morgan fingerprint density at radius 3 is 2.74 bits per heavy atom. The Labute approximate surface area is 230 Å². The van der Waals surface area contributed by atoms with Crippen molar-refractivity contribution in [1.29, 1.82) is 0 Å². The van der Waals surface area contributed by atoms with Gasteiger partial charge in [-0.3, -0.25) is 14.4 Å². The van der Waals surface area contributed by atoms with Gasteiger partial charge in [-0.05, 0) is 69.3 Å². The first-order valence-corrected chi connectivity index (χ1v) is 14.6. The van der Waals surface area contributed by atoms with E-state index >= 15 is 0 Å². The Bertz CT molecular complexity index is 1400. The highest BCUT2D eigenvalue weighted by Gasteiger charge is 2.38. The zero-order valence-corrected chi connectivity index (χ0v) is 23.0. The zero-order valence-electron chi connectivity index (χ0n) is 21.4. The number of halogens is 1. The predicted molar refractivity (Wildman–Crippen MR) is 148 cm³/mol. The van der Waals surface area contributed by atoms with E-state index in [1.807, 2.05) is 12.1 Å². The summed E-state index contributed by atoms with van der Waals surface area (Å²) in [6, 6.07) is 6.59. The number of carbonyl (C=O) groups excluding carboxylic acids is 3. The summed E-state index contributed by atoms with van der Waals surface area (Å²) in [7, 11) is 2.07. The third-order valence-electron chi connectivity index (χ3n) is 8.07. The molecule has 3 N–H and O–H groups in total. The van der Waals surface area contributed by atoms with E-state index in [0.717, 1.165) is 53.8 Å². The second-order valence-electron chi connectivity index (χ2n) is 11.1. The molecule has 2 fully saturated rings. The minimum atomic E-state index is -0.351. The summed E-state index contributed by atoms with van der Waals surface area (Å²) >= 11 is 7.55. The van der Waals surface area contributed by atoms with Crippen LogP contribution in [0.1, 0.15) is 69.4 Å². The van der Waals surface area contributed by atoms with E-state index in [1.165, 1.54) is 11.3 Å². The van der Waals surface area contributed by atoms with Crippen molar-refractivity contribution in [2.24, 2.45) is 11.8 Å². The molecule has 2 aliphatic carbocycles. The number of H-pyrrole nitrogens is 1. The number of thiazole rings is 1. The van der Waals surface area contributed by atoms with Crippen LogP contribution in [0.4, 0.5) is 0 Å². The highest BCUT2D eigenvalue weighted by molar-refractivity contribution is 7.13. The van der Waals surface area contributed by atoms with E-state index in [9.17, 15) is 14.4 Å². The Balaban J connectivity index is 1.19. The standard InChI is InChI=1S/C28H32ClN5O3S/c1-34-9-8-21-25(14-34)38-28(33-21)27(37)32-22-12-16(24(35)10-15-2-3-15)4-6-20(22)31-26(36)23-13-17-11-18(29)5-7-19(17)30-23/h5,7,11,13,15-16,20,22,30H,2-4,6,8-10,12,14H2,1H3,(H,31,36)(H,32,37)/t16-,20-,22+/m0/s1. The number of hydrogen-bond donors (Lipinski definition) is 3. The maximum absolute atomic E-state index is 13.3. The minimum Gasteiger partial charge on any atom is -0.351 e. The van der Waals surface area contributed by atoms with Crippen molar-refractivity contribution in [3.05, 3.63) is 50.6 Å². The predicted octanol–water partition coefficient (Wildman–Crippen LogP) is 4.33. The molecule has 3 aromatic rings.